The Morgan fingerprint density at radius 3 is 2.36 bits per heavy atom. The van der Waals surface area contributed by atoms with Gasteiger partial charge >= 0.3 is 0 Å². The number of nitrogens with zero attached hydrogens (tertiary/aromatic N) is 2. The Kier molecular flexibility index (Phi) is 3.22. The molecule has 1 heterocycles. The van der Waals surface area contributed by atoms with Crippen molar-refractivity contribution in [2.45, 2.75) is 32.6 Å². The maximum absolute atomic E-state index is 6.19. The Bertz CT molecular complexity index is 323. The molecule has 0 spiro atoms. The van der Waals surface area contributed by atoms with Crippen molar-refractivity contribution in [3.05, 3.63) is 16.7 Å². The van der Waals surface area contributed by atoms with E-state index in [-0.39, 0.29) is 5.41 Å². The minimum absolute atomic E-state index is 0.0122. The van der Waals surface area contributed by atoms with Gasteiger partial charge in [0.05, 0.1) is 5.69 Å². The van der Waals surface area contributed by atoms with Crippen LogP contribution in [0.5, 0.6) is 0 Å². The summed E-state index contributed by atoms with van der Waals surface area (Å²) in [5.74, 6) is 0.961. The molecule has 0 bridgehead atoms. The predicted octanol–water partition coefficient (Wildman–Crippen LogP) is 1.87. The molecule has 0 aliphatic heterocycles. The third-order valence-corrected chi connectivity index (χ3v) is 2.63. The molecule has 3 nitrogen and oxygen atoms in total. The van der Waals surface area contributed by atoms with E-state index in [0.29, 0.717) is 6.54 Å². The number of imidazole rings is 1. The number of nitrogens with two attached hydrogens (primary N) is 1. The maximum atomic E-state index is 6.19. The maximum Gasteiger partial charge on any atom is 0.132 e. The van der Waals surface area contributed by atoms with Crippen LogP contribution in [-0.4, -0.2) is 16.1 Å². The topological polar surface area (TPSA) is 43.8 Å². The zero-order valence-corrected chi connectivity index (χ0v) is 10.0. The first-order chi connectivity index (χ1) is 6.38. The van der Waals surface area contributed by atoms with Crippen LogP contribution in [0.4, 0.5) is 0 Å². The van der Waals surface area contributed by atoms with E-state index in [9.17, 15) is 0 Å². The first-order valence-electron chi connectivity index (χ1n) is 4.79. The molecule has 0 fully saturated rings. The Morgan fingerprint density at radius 1 is 1.43 bits per heavy atom. The molecule has 2 N–H and O–H groups in total. The van der Waals surface area contributed by atoms with Crippen molar-refractivity contribution < 1.29 is 0 Å². The quantitative estimate of drug-likeness (QED) is 0.819. The van der Waals surface area contributed by atoms with E-state index >= 15 is 0 Å². The molecule has 1 aromatic rings. The first-order valence-corrected chi connectivity index (χ1v) is 5.17. The van der Waals surface area contributed by atoms with E-state index in [4.69, 9.17) is 17.3 Å². The molecule has 4 heteroatoms. The highest BCUT2D eigenvalue weighted by Gasteiger charge is 2.23. The minimum Gasteiger partial charge on any atom is -0.330 e. The first kappa shape index (κ1) is 11.5. The van der Waals surface area contributed by atoms with E-state index in [1.165, 1.54) is 0 Å². The van der Waals surface area contributed by atoms with Gasteiger partial charge in [0.15, 0.2) is 0 Å². The van der Waals surface area contributed by atoms with Crippen LogP contribution in [0, 0.1) is 0 Å². The summed E-state index contributed by atoms with van der Waals surface area (Å²) in [7, 11) is 1.93. The molecule has 80 valence electrons. The van der Waals surface area contributed by atoms with Crippen molar-refractivity contribution in [1.29, 1.82) is 0 Å². The van der Waals surface area contributed by atoms with Gasteiger partial charge in [-0.05, 0) is 6.54 Å². The van der Waals surface area contributed by atoms with E-state index in [0.717, 1.165) is 23.1 Å². The lowest BCUT2D eigenvalue weighted by atomic mass is 9.93. The SMILES string of the molecule is Cn1c(CCN)nc(C(C)(C)C)c1Cl. The fourth-order valence-corrected chi connectivity index (χ4v) is 1.78. The van der Waals surface area contributed by atoms with Gasteiger partial charge in [0.2, 0.25) is 0 Å². The zero-order valence-electron chi connectivity index (χ0n) is 9.26. The predicted molar refractivity (Wildman–Crippen MR) is 59.7 cm³/mol. The van der Waals surface area contributed by atoms with Gasteiger partial charge in [0.1, 0.15) is 11.0 Å². The van der Waals surface area contributed by atoms with Crippen LogP contribution in [-0.2, 0) is 18.9 Å². The average molecular weight is 216 g/mol. The molecule has 1 aromatic heterocycles. The van der Waals surface area contributed by atoms with Gasteiger partial charge in [-0.15, -0.1) is 0 Å². The van der Waals surface area contributed by atoms with Crippen LogP contribution in [0.3, 0.4) is 0 Å². The molecular formula is C10H18ClN3. The van der Waals surface area contributed by atoms with E-state index < -0.39 is 0 Å². The normalized spacial score (nSPS) is 12.1. The summed E-state index contributed by atoms with van der Waals surface area (Å²) in [5.41, 5.74) is 6.44. The van der Waals surface area contributed by atoms with Crippen molar-refractivity contribution in [1.82, 2.24) is 9.55 Å². The molecule has 14 heavy (non-hydrogen) atoms. The zero-order chi connectivity index (χ0) is 10.9. The second-order valence-corrected chi connectivity index (χ2v) is 4.87. The van der Waals surface area contributed by atoms with Gasteiger partial charge in [0.25, 0.3) is 0 Å². The highest BCUT2D eigenvalue weighted by atomic mass is 35.5. The summed E-state index contributed by atoms with van der Waals surface area (Å²) in [4.78, 5) is 4.52. The fourth-order valence-electron chi connectivity index (χ4n) is 1.35. The number of halogens is 1. The summed E-state index contributed by atoms with van der Waals surface area (Å²) in [6.45, 7) is 6.92. The molecule has 0 radical (unpaired) electrons. The second kappa shape index (κ2) is 3.91. The van der Waals surface area contributed by atoms with Gasteiger partial charge in [-0.1, -0.05) is 32.4 Å². The Hall–Kier alpha value is -0.540. The van der Waals surface area contributed by atoms with Gasteiger partial charge in [-0.3, -0.25) is 0 Å². The number of hydrogen-bond acceptors (Lipinski definition) is 2. The van der Waals surface area contributed by atoms with Crippen LogP contribution < -0.4 is 5.73 Å². The molecule has 0 atom stereocenters. The summed E-state index contributed by atoms with van der Waals surface area (Å²) >= 11 is 6.19. The fraction of sp³-hybridized carbons (Fsp3) is 0.700. The van der Waals surface area contributed by atoms with Crippen LogP contribution in [0.15, 0.2) is 0 Å². The van der Waals surface area contributed by atoms with Gasteiger partial charge in [-0.25, -0.2) is 4.98 Å². The Labute approximate surface area is 90.3 Å². The summed E-state index contributed by atoms with van der Waals surface area (Å²) in [6, 6.07) is 0. The molecule has 0 aliphatic rings. The van der Waals surface area contributed by atoms with Crippen LogP contribution in [0.25, 0.3) is 0 Å². The smallest absolute Gasteiger partial charge is 0.132 e. The Balaban J connectivity index is 3.15. The molecular weight excluding hydrogens is 198 g/mol. The molecule has 0 aliphatic carbocycles. The van der Waals surface area contributed by atoms with Crippen molar-refractivity contribution >= 4 is 11.6 Å². The third kappa shape index (κ3) is 2.10. The standard InChI is InChI=1S/C10H18ClN3/c1-10(2,3)8-9(11)14(4)7(13-8)5-6-12/h5-6,12H2,1-4H3. The van der Waals surface area contributed by atoms with Crippen molar-refractivity contribution in [3.63, 3.8) is 0 Å². The third-order valence-electron chi connectivity index (χ3n) is 2.20. The summed E-state index contributed by atoms with van der Waals surface area (Å²) in [6.07, 6.45) is 0.770. The molecule has 1 rings (SSSR count). The van der Waals surface area contributed by atoms with Crippen molar-refractivity contribution in [2.75, 3.05) is 6.54 Å². The lowest BCUT2D eigenvalue weighted by molar-refractivity contribution is 0.570. The van der Waals surface area contributed by atoms with Crippen LogP contribution in [0.2, 0.25) is 5.15 Å². The molecule has 0 amide bonds. The molecule has 0 aromatic carbocycles. The summed E-state index contributed by atoms with van der Waals surface area (Å²) < 4.78 is 1.91. The lowest BCUT2D eigenvalue weighted by Crippen LogP contribution is -2.12. The van der Waals surface area contributed by atoms with Gasteiger partial charge in [-0.2, -0.15) is 0 Å². The van der Waals surface area contributed by atoms with E-state index in [1.54, 1.807) is 0 Å². The van der Waals surface area contributed by atoms with Crippen molar-refractivity contribution in [3.8, 4) is 0 Å². The monoisotopic (exact) mass is 215 g/mol. The van der Waals surface area contributed by atoms with E-state index in [2.05, 4.69) is 25.8 Å². The largest absolute Gasteiger partial charge is 0.330 e. The van der Waals surface area contributed by atoms with E-state index in [1.807, 2.05) is 11.6 Å². The second-order valence-electron chi connectivity index (χ2n) is 4.52. The number of hydrogen-bond donors (Lipinski definition) is 1. The van der Waals surface area contributed by atoms with Gasteiger partial charge < -0.3 is 10.3 Å². The molecule has 0 saturated heterocycles. The number of rotatable bonds is 2. The average Bonchev–Trinajstić information content (AvgIpc) is 2.32. The van der Waals surface area contributed by atoms with Gasteiger partial charge in [0, 0.05) is 18.9 Å². The molecule has 0 saturated carbocycles. The number of aromatic nitrogens is 2. The van der Waals surface area contributed by atoms with Crippen molar-refractivity contribution in [2.24, 2.45) is 12.8 Å². The van der Waals surface area contributed by atoms with Crippen LogP contribution >= 0.6 is 11.6 Å². The highest BCUT2D eigenvalue weighted by molar-refractivity contribution is 6.30. The lowest BCUT2D eigenvalue weighted by Gasteiger charge is -2.15. The van der Waals surface area contributed by atoms with Crippen LogP contribution in [0.1, 0.15) is 32.3 Å². The Morgan fingerprint density at radius 2 is 2.00 bits per heavy atom. The molecule has 0 unspecified atom stereocenters. The minimum atomic E-state index is -0.0122. The summed E-state index contributed by atoms with van der Waals surface area (Å²) in [5, 5.41) is 0.723. The highest BCUT2D eigenvalue weighted by Crippen LogP contribution is 2.28.